The zero-order valence-electron chi connectivity index (χ0n) is 13.0. The molecule has 0 spiro atoms. The highest BCUT2D eigenvalue weighted by Crippen LogP contribution is 2.22. The molecule has 1 heterocycles. The molecule has 0 radical (unpaired) electrons. The Hall–Kier alpha value is -2.37. The zero-order chi connectivity index (χ0) is 17.4. The van der Waals surface area contributed by atoms with E-state index in [0.717, 1.165) is 10.4 Å². The van der Waals surface area contributed by atoms with Gasteiger partial charge in [0.1, 0.15) is 0 Å². The fourth-order valence-electron chi connectivity index (χ4n) is 1.79. The van der Waals surface area contributed by atoms with Crippen LogP contribution in [0.4, 0.5) is 5.69 Å². The number of halogens is 1. The maximum Gasteiger partial charge on any atom is 0.330 e. The summed E-state index contributed by atoms with van der Waals surface area (Å²) in [6.07, 6.45) is 6.19. The summed E-state index contributed by atoms with van der Waals surface area (Å²) in [5.41, 5.74) is 1.51. The summed E-state index contributed by atoms with van der Waals surface area (Å²) in [6.45, 7) is 2.10. The van der Waals surface area contributed by atoms with Gasteiger partial charge >= 0.3 is 5.97 Å². The van der Waals surface area contributed by atoms with Crippen molar-refractivity contribution < 1.29 is 14.3 Å². The largest absolute Gasteiger partial charge is 0.463 e. The monoisotopic (exact) mass is 361 g/mol. The van der Waals surface area contributed by atoms with E-state index in [2.05, 4.69) is 5.32 Å². The Bertz CT molecular complexity index is 763. The van der Waals surface area contributed by atoms with Crippen LogP contribution in [0.3, 0.4) is 0 Å². The molecular formula is C18H16ClNO3S. The van der Waals surface area contributed by atoms with E-state index in [1.807, 2.05) is 6.07 Å². The second-order valence-electron chi connectivity index (χ2n) is 4.67. The summed E-state index contributed by atoms with van der Waals surface area (Å²) in [6, 6.07) is 10.8. The molecule has 2 rings (SSSR count). The van der Waals surface area contributed by atoms with E-state index in [1.165, 1.54) is 23.5 Å². The number of amides is 1. The van der Waals surface area contributed by atoms with Crippen LogP contribution in [0, 0.1) is 0 Å². The van der Waals surface area contributed by atoms with Crippen LogP contribution in [0.15, 0.2) is 48.6 Å². The first-order chi connectivity index (χ1) is 11.6. The first-order valence-electron chi connectivity index (χ1n) is 7.26. The van der Waals surface area contributed by atoms with Gasteiger partial charge in [-0.1, -0.05) is 23.7 Å². The molecule has 0 atom stereocenters. The molecule has 0 saturated heterocycles. The van der Waals surface area contributed by atoms with Crippen molar-refractivity contribution in [3.8, 4) is 0 Å². The summed E-state index contributed by atoms with van der Waals surface area (Å²) < 4.78 is 5.49. The lowest BCUT2D eigenvalue weighted by molar-refractivity contribution is -0.137. The lowest BCUT2D eigenvalue weighted by Crippen LogP contribution is -2.07. The van der Waals surface area contributed by atoms with E-state index in [4.69, 9.17) is 16.3 Å². The Morgan fingerprint density at radius 3 is 2.50 bits per heavy atom. The third-order valence-electron chi connectivity index (χ3n) is 2.87. The van der Waals surface area contributed by atoms with E-state index in [-0.39, 0.29) is 11.9 Å². The highest BCUT2D eigenvalue weighted by molar-refractivity contribution is 7.17. The Balaban J connectivity index is 1.90. The van der Waals surface area contributed by atoms with Crippen LogP contribution < -0.4 is 5.32 Å². The van der Waals surface area contributed by atoms with Crippen molar-refractivity contribution >= 4 is 52.7 Å². The molecular weight excluding hydrogens is 346 g/mol. The predicted octanol–water partition coefficient (Wildman–Crippen LogP) is 4.63. The number of rotatable bonds is 6. The number of benzene rings is 1. The fourth-order valence-corrected chi connectivity index (χ4v) is 2.76. The van der Waals surface area contributed by atoms with Gasteiger partial charge in [0, 0.05) is 22.7 Å². The van der Waals surface area contributed by atoms with Crippen molar-refractivity contribution in [2.45, 2.75) is 6.92 Å². The Morgan fingerprint density at radius 2 is 1.88 bits per heavy atom. The number of carbonyl (C=O) groups is 2. The van der Waals surface area contributed by atoms with Crippen LogP contribution in [-0.4, -0.2) is 18.5 Å². The van der Waals surface area contributed by atoms with Crippen LogP contribution in [0.25, 0.3) is 12.2 Å². The van der Waals surface area contributed by atoms with Crippen LogP contribution in [0.5, 0.6) is 0 Å². The fraction of sp³-hybridized carbons (Fsp3) is 0.111. The second kappa shape index (κ2) is 9.05. The van der Waals surface area contributed by atoms with Crippen LogP contribution in [-0.2, 0) is 14.3 Å². The minimum atomic E-state index is -0.381. The number of thiophene rings is 1. The summed E-state index contributed by atoms with van der Waals surface area (Å²) in [4.78, 5) is 24.0. The number of hydrogen-bond acceptors (Lipinski definition) is 4. The van der Waals surface area contributed by atoms with Gasteiger partial charge in [-0.15, -0.1) is 11.3 Å². The first kappa shape index (κ1) is 18.0. The van der Waals surface area contributed by atoms with Crippen LogP contribution in [0.2, 0.25) is 4.34 Å². The summed E-state index contributed by atoms with van der Waals surface area (Å²) in [5.74, 6) is -0.608. The lowest BCUT2D eigenvalue weighted by atomic mass is 10.2. The molecule has 2 aromatic rings. The normalized spacial score (nSPS) is 11.1. The minimum absolute atomic E-state index is 0.227. The van der Waals surface area contributed by atoms with Gasteiger partial charge in [0.15, 0.2) is 0 Å². The number of carbonyl (C=O) groups excluding carboxylic acids is 2. The molecule has 0 aliphatic carbocycles. The van der Waals surface area contributed by atoms with Crippen molar-refractivity contribution in [2.24, 2.45) is 0 Å². The number of ether oxygens (including phenoxy) is 1. The number of hydrogen-bond donors (Lipinski definition) is 1. The van der Waals surface area contributed by atoms with Crippen molar-refractivity contribution in [2.75, 3.05) is 11.9 Å². The molecule has 0 fully saturated rings. The second-order valence-corrected chi connectivity index (χ2v) is 6.42. The topological polar surface area (TPSA) is 55.4 Å². The van der Waals surface area contributed by atoms with Crippen molar-refractivity contribution in [1.29, 1.82) is 0 Å². The Kier molecular flexibility index (Phi) is 6.78. The molecule has 0 unspecified atom stereocenters. The summed E-state index contributed by atoms with van der Waals surface area (Å²) >= 11 is 7.24. The van der Waals surface area contributed by atoms with Gasteiger partial charge in [0.25, 0.3) is 0 Å². The minimum Gasteiger partial charge on any atom is -0.463 e. The standard InChI is InChI=1S/C18H16ClNO3S/c1-2-23-18(22)12-5-13-3-6-14(7-4-13)20-17(21)11-9-15-8-10-16(19)24-15/h3-12H,2H2,1H3,(H,20,21)/b11-9+,12-5+. The van der Waals surface area contributed by atoms with Crippen molar-refractivity contribution in [1.82, 2.24) is 0 Å². The molecule has 0 saturated carbocycles. The van der Waals surface area contributed by atoms with Gasteiger partial charge in [-0.25, -0.2) is 4.79 Å². The van der Waals surface area contributed by atoms with E-state index < -0.39 is 0 Å². The molecule has 1 N–H and O–H groups in total. The summed E-state index contributed by atoms with van der Waals surface area (Å²) in [5, 5.41) is 2.76. The van der Waals surface area contributed by atoms with Crippen LogP contribution in [0.1, 0.15) is 17.4 Å². The van der Waals surface area contributed by atoms with Gasteiger partial charge < -0.3 is 10.1 Å². The molecule has 0 bridgehead atoms. The molecule has 124 valence electrons. The van der Waals surface area contributed by atoms with Gasteiger partial charge in [0.05, 0.1) is 10.9 Å². The first-order valence-corrected chi connectivity index (χ1v) is 8.45. The molecule has 6 heteroatoms. The maximum absolute atomic E-state index is 11.9. The van der Waals surface area contributed by atoms with Crippen molar-refractivity contribution in [3.63, 3.8) is 0 Å². The van der Waals surface area contributed by atoms with Gasteiger partial charge in [-0.3, -0.25) is 4.79 Å². The summed E-state index contributed by atoms with van der Waals surface area (Å²) in [7, 11) is 0. The van der Waals surface area contributed by atoms with Crippen LogP contribution >= 0.6 is 22.9 Å². The van der Waals surface area contributed by atoms with Gasteiger partial charge in [0.2, 0.25) is 5.91 Å². The highest BCUT2D eigenvalue weighted by Gasteiger charge is 1.99. The quantitative estimate of drug-likeness (QED) is 0.602. The molecule has 1 amide bonds. The number of esters is 1. The van der Waals surface area contributed by atoms with E-state index >= 15 is 0 Å². The lowest BCUT2D eigenvalue weighted by Gasteiger charge is -2.02. The predicted molar refractivity (Wildman–Crippen MR) is 99.1 cm³/mol. The van der Waals surface area contributed by atoms with E-state index in [1.54, 1.807) is 49.4 Å². The molecule has 4 nitrogen and oxygen atoms in total. The van der Waals surface area contributed by atoms with Crippen molar-refractivity contribution in [3.05, 3.63) is 63.3 Å². The molecule has 24 heavy (non-hydrogen) atoms. The molecule has 0 aliphatic rings. The molecule has 1 aromatic carbocycles. The average molecular weight is 362 g/mol. The SMILES string of the molecule is CCOC(=O)/C=C/c1ccc(NC(=O)/C=C/c2ccc(Cl)s2)cc1. The third-order valence-corrected chi connectivity index (χ3v) is 4.07. The maximum atomic E-state index is 11.9. The molecule has 1 aromatic heterocycles. The Labute approximate surface area is 149 Å². The average Bonchev–Trinajstić information content (AvgIpc) is 2.98. The van der Waals surface area contributed by atoms with Gasteiger partial charge in [-0.2, -0.15) is 0 Å². The zero-order valence-corrected chi connectivity index (χ0v) is 14.6. The number of anilines is 1. The smallest absolute Gasteiger partial charge is 0.330 e. The van der Waals surface area contributed by atoms with Gasteiger partial charge in [-0.05, 0) is 48.9 Å². The van der Waals surface area contributed by atoms with E-state index in [9.17, 15) is 9.59 Å². The molecule has 0 aliphatic heterocycles. The third kappa shape index (κ3) is 6.02. The number of nitrogens with one attached hydrogen (secondary N) is 1. The Morgan fingerprint density at radius 1 is 1.12 bits per heavy atom. The highest BCUT2D eigenvalue weighted by atomic mass is 35.5. The van der Waals surface area contributed by atoms with E-state index in [0.29, 0.717) is 16.6 Å².